The van der Waals surface area contributed by atoms with Crippen molar-refractivity contribution in [3.8, 4) is 11.4 Å². The molecule has 1 aliphatic rings. The quantitative estimate of drug-likeness (QED) is 0.445. The van der Waals surface area contributed by atoms with Gasteiger partial charge in [0.25, 0.3) is 0 Å². The van der Waals surface area contributed by atoms with Gasteiger partial charge in [0.1, 0.15) is 0 Å². The lowest BCUT2D eigenvalue weighted by molar-refractivity contribution is -0.142. The molecule has 1 heterocycles. The van der Waals surface area contributed by atoms with Gasteiger partial charge in [-0.1, -0.05) is 109 Å². The Morgan fingerprint density at radius 1 is 0.879 bits per heavy atom. The number of hydrogen-bond donors (Lipinski definition) is 1. The number of hydrogen-bond acceptors (Lipinski definition) is 3. The third kappa shape index (κ3) is 4.01. The van der Waals surface area contributed by atoms with E-state index in [1.54, 1.807) is 16.8 Å². The maximum atomic E-state index is 12.7. The van der Waals surface area contributed by atoms with Crippen molar-refractivity contribution < 1.29 is 9.90 Å². The molecule has 1 aliphatic carbocycles. The molecule has 3 aromatic carbocycles. The Hall–Kier alpha value is -4.25. The number of carboxylic acids is 1. The molecule has 0 bridgehead atoms. The summed E-state index contributed by atoms with van der Waals surface area (Å²) in [7, 11) is 0. The molecule has 162 valence electrons. The van der Waals surface area contributed by atoms with Crippen molar-refractivity contribution in [2.45, 2.75) is 18.4 Å². The van der Waals surface area contributed by atoms with Gasteiger partial charge in [-0.15, -0.1) is 0 Å². The van der Waals surface area contributed by atoms with E-state index in [1.807, 2.05) is 97.1 Å². The van der Waals surface area contributed by atoms with E-state index in [0.29, 0.717) is 18.2 Å². The van der Waals surface area contributed by atoms with Gasteiger partial charge in [-0.3, -0.25) is 4.79 Å². The van der Waals surface area contributed by atoms with Crippen LogP contribution in [0.15, 0.2) is 109 Å². The second-order valence-electron chi connectivity index (χ2n) is 8.14. The van der Waals surface area contributed by atoms with Crippen molar-refractivity contribution in [2.24, 2.45) is 0 Å². The summed E-state index contributed by atoms with van der Waals surface area (Å²) in [6, 6.07) is 29.6. The van der Waals surface area contributed by atoms with Gasteiger partial charge in [0.05, 0.1) is 6.54 Å². The molecule has 1 N–H and O–H groups in total. The number of aliphatic carboxylic acids is 1. The zero-order valence-electron chi connectivity index (χ0n) is 18.0. The summed E-state index contributed by atoms with van der Waals surface area (Å²) in [6.07, 6.45) is 5.76. The lowest BCUT2D eigenvalue weighted by Gasteiger charge is -2.27. The molecule has 5 nitrogen and oxygen atoms in total. The first-order valence-corrected chi connectivity index (χ1v) is 10.9. The van der Waals surface area contributed by atoms with Crippen LogP contribution in [0.5, 0.6) is 0 Å². The lowest BCUT2D eigenvalue weighted by Crippen LogP contribution is -2.36. The van der Waals surface area contributed by atoms with Crippen molar-refractivity contribution >= 4 is 11.5 Å². The van der Waals surface area contributed by atoms with Crippen molar-refractivity contribution in [1.82, 2.24) is 14.8 Å². The number of benzene rings is 3. The molecule has 1 unspecified atom stereocenters. The van der Waals surface area contributed by atoms with E-state index in [9.17, 15) is 9.90 Å². The van der Waals surface area contributed by atoms with Gasteiger partial charge >= 0.3 is 5.97 Å². The van der Waals surface area contributed by atoms with Crippen LogP contribution in [0.1, 0.15) is 23.4 Å². The number of carboxylic acid groups (broad SMARTS) is 1. The van der Waals surface area contributed by atoms with Crippen molar-refractivity contribution in [3.05, 3.63) is 126 Å². The third-order valence-corrected chi connectivity index (χ3v) is 5.95. The number of carbonyl (C=O) groups is 1. The summed E-state index contributed by atoms with van der Waals surface area (Å²) in [5.41, 5.74) is 2.57. The third-order valence-electron chi connectivity index (χ3n) is 5.95. The standard InChI is InChI=1S/C28H23N3O2/c32-27(33)28(18-10-17-24(19-28)22-13-6-2-7-14-22)26-29-25(23-15-8-3-9-16-23)31(30-26)20-21-11-4-1-5-12-21/h1-18H,19-20H2,(H,32,33). The molecular formula is C28H23N3O2. The number of allylic oxidation sites excluding steroid dienone is 3. The van der Waals surface area contributed by atoms with Crippen LogP contribution in [-0.4, -0.2) is 25.8 Å². The van der Waals surface area contributed by atoms with E-state index in [2.05, 4.69) is 0 Å². The average Bonchev–Trinajstić information content (AvgIpc) is 3.30. The zero-order valence-corrected chi connectivity index (χ0v) is 18.0. The second kappa shape index (κ2) is 8.71. The fraction of sp³-hybridized carbons (Fsp3) is 0.107. The van der Waals surface area contributed by atoms with Crippen LogP contribution in [0.3, 0.4) is 0 Å². The molecule has 0 amide bonds. The minimum absolute atomic E-state index is 0.284. The van der Waals surface area contributed by atoms with Gasteiger partial charge in [-0.05, 0) is 23.1 Å². The van der Waals surface area contributed by atoms with E-state index in [-0.39, 0.29) is 6.42 Å². The summed E-state index contributed by atoms with van der Waals surface area (Å²) in [5, 5.41) is 15.2. The van der Waals surface area contributed by atoms with Crippen LogP contribution in [-0.2, 0) is 16.8 Å². The predicted octanol–water partition coefficient (Wildman–Crippen LogP) is 5.36. The van der Waals surface area contributed by atoms with E-state index < -0.39 is 11.4 Å². The molecule has 1 atom stereocenters. The molecule has 33 heavy (non-hydrogen) atoms. The van der Waals surface area contributed by atoms with Crippen LogP contribution in [0.2, 0.25) is 0 Å². The summed E-state index contributed by atoms with van der Waals surface area (Å²) >= 11 is 0. The van der Waals surface area contributed by atoms with Crippen molar-refractivity contribution in [3.63, 3.8) is 0 Å². The normalized spacial score (nSPS) is 17.5. The first kappa shape index (κ1) is 20.6. The molecule has 0 radical (unpaired) electrons. The molecule has 0 fully saturated rings. The number of rotatable bonds is 6. The SMILES string of the molecule is O=C(O)C1(c2nc(-c3ccccc3)n(Cc3ccccc3)n2)C=CC=C(c2ccccc2)C1. The highest BCUT2D eigenvalue weighted by atomic mass is 16.4. The Labute approximate surface area is 192 Å². The van der Waals surface area contributed by atoms with Crippen LogP contribution >= 0.6 is 0 Å². The Morgan fingerprint density at radius 2 is 1.48 bits per heavy atom. The minimum Gasteiger partial charge on any atom is -0.480 e. The van der Waals surface area contributed by atoms with E-state index >= 15 is 0 Å². The Balaban J connectivity index is 1.60. The Kier molecular flexibility index (Phi) is 5.45. The van der Waals surface area contributed by atoms with Gasteiger partial charge in [0.15, 0.2) is 17.1 Å². The number of aromatic nitrogens is 3. The van der Waals surface area contributed by atoms with Gasteiger partial charge in [-0.25, -0.2) is 9.67 Å². The number of nitrogens with zero attached hydrogens (tertiary/aromatic N) is 3. The monoisotopic (exact) mass is 433 g/mol. The average molecular weight is 434 g/mol. The van der Waals surface area contributed by atoms with Crippen LogP contribution in [0.4, 0.5) is 0 Å². The van der Waals surface area contributed by atoms with Crippen molar-refractivity contribution in [2.75, 3.05) is 0 Å². The lowest BCUT2D eigenvalue weighted by atomic mass is 9.76. The summed E-state index contributed by atoms with van der Waals surface area (Å²) < 4.78 is 1.80. The fourth-order valence-corrected chi connectivity index (χ4v) is 4.19. The molecule has 1 aromatic heterocycles. The van der Waals surface area contributed by atoms with Crippen molar-refractivity contribution in [1.29, 1.82) is 0 Å². The topological polar surface area (TPSA) is 68.0 Å². The molecule has 5 heteroatoms. The smallest absolute Gasteiger partial charge is 0.321 e. The second-order valence-corrected chi connectivity index (χ2v) is 8.14. The Morgan fingerprint density at radius 3 is 2.12 bits per heavy atom. The van der Waals surface area contributed by atoms with Gasteiger partial charge in [0, 0.05) is 5.56 Å². The molecule has 0 aliphatic heterocycles. The highest BCUT2D eigenvalue weighted by Gasteiger charge is 2.44. The van der Waals surface area contributed by atoms with E-state index in [4.69, 9.17) is 10.1 Å². The molecule has 5 rings (SSSR count). The highest BCUT2D eigenvalue weighted by molar-refractivity contribution is 5.88. The minimum atomic E-state index is -1.34. The maximum absolute atomic E-state index is 12.7. The zero-order chi connectivity index (χ0) is 22.7. The highest BCUT2D eigenvalue weighted by Crippen LogP contribution is 2.39. The van der Waals surface area contributed by atoms with Gasteiger partial charge < -0.3 is 5.11 Å². The largest absolute Gasteiger partial charge is 0.480 e. The predicted molar refractivity (Wildman–Crippen MR) is 128 cm³/mol. The first-order valence-electron chi connectivity index (χ1n) is 10.9. The first-order chi connectivity index (χ1) is 16.2. The molecular weight excluding hydrogens is 410 g/mol. The van der Waals surface area contributed by atoms with Crippen LogP contribution in [0, 0.1) is 0 Å². The van der Waals surface area contributed by atoms with E-state index in [1.165, 1.54) is 0 Å². The Bertz CT molecular complexity index is 1330. The van der Waals surface area contributed by atoms with Gasteiger partial charge in [0.2, 0.25) is 0 Å². The van der Waals surface area contributed by atoms with Crippen LogP contribution in [0.25, 0.3) is 17.0 Å². The molecule has 4 aromatic rings. The molecule has 0 saturated heterocycles. The van der Waals surface area contributed by atoms with Gasteiger partial charge in [-0.2, -0.15) is 5.10 Å². The maximum Gasteiger partial charge on any atom is 0.321 e. The summed E-state index contributed by atoms with van der Waals surface area (Å²) in [5.74, 6) is -0.0152. The van der Waals surface area contributed by atoms with E-state index in [0.717, 1.165) is 22.3 Å². The molecule has 0 saturated carbocycles. The fourth-order valence-electron chi connectivity index (χ4n) is 4.19. The summed E-state index contributed by atoms with van der Waals surface area (Å²) in [4.78, 5) is 17.5. The molecule has 0 spiro atoms. The summed E-state index contributed by atoms with van der Waals surface area (Å²) in [6.45, 7) is 0.499. The van der Waals surface area contributed by atoms with Crippen LogP contribution < -0.4 is 0 Å².